The van der Waals surface area contributed by atoms with Crippen molar-refractivity contribution in [3.8, 4) is 0 Å². The first-order chi connectivity index (χ1) is 10.6. The van der Waals surface area contributed by atoms with Crippen molar-refractivity contribution in [2.75, 3.05) is 11.9 Å². The minimum absolute atomic E-state index is 0.0534. The maximum Gasteiger partial charge on any atom is 0.307 e. The maximum absolute atomic E-state index is 10.8. The average molecular weight is 297 g/mol. The molecule has 22 heavy (non-hydrogen) atoms. The van der Waals surface area contributed by atoms with Crippen molar-refractivity contribution in [3.05, 3.63) is 64.7 Å². The number of anilines is 1. The van der Waals surface area contributed by atoms with Crippen LogP contribution in [0.25, 0.3) is 0 Å². The third kappa shape index (κ3) is 3.28. The first-order valence-electron chi connectivity index (χ1n) is 7.32. The predicted octanol–water partition coefficient (Wildman–Crippen LogP) is 2.98. The molecular formula is C18H19NO3. The van der Waals surface area contributed by atoms with Crippen LogP contribution in [0.15, 0.2) is 42.5 Å². The van der Waals surface area contributed by atoms with Crippen LogP contribution in [0, 0.1) is 0 Å². The molecule has 3 rings (SSSR count). The van der Waals surface area contributed by atoms with Crippen LogP contribution in [-0.2, 0) is 35.7 Å². The summed E-state index contributed by atoms with van der Waals surface area (Å²) in [5.74, 6) is -0.807. The maximum atomic E-state index is 10.8. The normalized spacial score (nSPS) is 13.0. The molecular weight excluding hydrogens is 278 g/mol. The molecule has 0 aliphatic carbocycles. The van der Waals surface area contributed by atoms with Crippen molar-refractivity contribution in [2.24, 2.45) is 0 Å². The Labute approximate surface area is 130 Å². The Kier molecular flexibility index (Phi) is 4.11. The number of nitrogens with zero attached hydrogens (tertiary/aromatic N) is 1. The molecule has 0 atom stereocenters. The van der Waals surface area contributed by atoms with E-state index in [4.69, 9.17) is 9.84 Å². The van der Waals surface area contributed by atoms with E-state index in [1.165, 1.54) is 16.7 Å². The highest BCUT2D eigenvalue weighted by atomic mass is 16.5. The highest BCUT2D eigenvalue weighted by Gasteiger charge is 2.12. The molecule has 0 aromatic heterocycles. The summed E-state index contributed by atoms with van der Waals surface area (Å²) >= 11 is 0. The number of carboxylic acid groups (broad SMARTS) is 1. The van der Waals surface area contributed by atoms with E-state index in [0.29, 0.717) is 13.2 Å². The van der Waals surface area contributed by atoms with Crippen LogP contribution in [0.3, 0.4) is 0 Å². The monoisotopic (exact) mass is 297 g/mol. The van der Waals surface area contributed by atoms with Crippen molar-refractivity contribution in [2.45, 2.75) is 26.2 Å². The Hall–Kier alpha value is -2.33. The fourth-order valence-corrected chi connectivity index (χ4v) is 2.77. The number of carbonyl (C=O) groups is 1. The number of aliphatic carboxylic acids is 1. The number of rotatable bonds is 5. The van der Waals surface area contributed by atoms with Crippen LogP contribution < -0.4 is 4.90 Å². The average Bonchev–Trinajstić information content (AvgIpc) is 2.94. The number of fused-ring (bicyclic) bond motifs is 1. The smallest absolute Gasteiger partial charge is 0.307 e. The van der Waals surface area contributed by atoms with Gasteiger partial charge in [-0.1, -0.05) is 30.3 Å². The van der Waals surface area contributed by atoms with Gasteiger partial charge in [-0.2, -0.15) is 0 Å². The molecule has 0 bridgehead atoms. The van der Waals surface area contributed by atoms with E-state index >= 15 is 0 Å². The topological polar surface area (TPSA) is 49.8 Å². The zero-order valence-corrected chi connectivity index (χ0v) is 12.6. The van der Waals surface area contributed by atoms with Crippen LogP contribution in [0.2, 0.25) is 0 Å². The number of ether oxygens (including phenoxy) is 1. The Bertz CT molecular complexity index is 696. The summed E-state index contributed by atoms with van der Waals surface area (Å²) < 4.78 is 5.44. The molecule has 0 saturated heterocycles. The second kappa shape index (κ2) is 6.20. The Morgan fingerprint density at radius 3 is 2.77 bits per heavy atom. The molecule has 4 nitrogen and oxygen atoms in total. The van der Waals surface area contributed by atoms with Gasteiger partial charge in [0.1, 0.15) is 0 Å². The van der Waals surface area contributed by atoms with Crippen LogP contribution in [0.1, 0.15) is 22.3 Å². The molecule has 2 aromatic rings. The fourth-order valence-electron chi connectivity index (χ4n) is 2.77. The first-order valence-corrected chi connectivity index (χ1v) is 7.32. The summed E-state index contributed by atoms with van der Waals surface area (Å²) in [4.78, 5) is 13.0. The second-order valence-corrected chi connectivity index (χ2v) is 5.69. The largest absolute Gasteiger partial charge is 0.481 e. The van der Waals surface area contributed by atoms with Crippen molar-refractivity contribution >= 4 is 11.7 Å². The third-order valence-corrected chi connectivity index (χ3v) is 3.91. The standard InChI is InChI=1S/C18H19NO3/c1-19(17-4-2-3-13(8-17)9-18(20)21)10-14-5-6-15-11-22-12-16(15)7-14/h2-8H,9-12H2,1H3,(H,20,21). The van der Waals surface area contributed by atoms with Crippen molar-refractivity contribution in [3.63, 3.8) is 0 Å². The summed E-state index contributed by atoms with van der Waals surface area (Å²) in [6, 6.07) is 14.1. The zero-order chi connectivity index (χ0) is 15.5. The molecule has 0 unspecified atom stereocenters. The van der Waals surface area contributed by atoms with Crippen molar-refractivity contribution in [1.29, 1.82) is 0 Å². The number of benzene rings is 2. The minimum Gasteiger partial charge on any atom is -0.481 e. The van der Waals surface area contributed by atoms with E-state index in [-0.39, 0.29) is 6.42 Å². The summed E-state index contributed by atoms with van der Waals surface area (Å²) in [7, 11) is 2.02. The van der Waals surface area contributed by atoms with Gasteiger partial charge in [-0.25, -0.2) is 0 Å². The first kappa shape index (κ1) is 14.6. The van der Waals surface area contributed by atoms with Gasteiger partial charge in [0.05, 0.1) is 19.6 Å². The highest BCUT2D eigenvalue weighted by Crippen LogP contribution is 2.23. The quantitative estimate of drug-likeness (QED) is 0.922. The van der Waals surface area contributed by atoms with Crippen LogP contribution >= 0.6 is 0 Å². The molecule has 1 N–H and O–H groups in total. The summed E-state index contributed by atoms with van der Waals surface area (Å²) in [6.45, 7) is 2.19. The molecule has 1 heterocycles. The van der Waals surface area contributed by atoms with Gasteiger partial charge < -0.3 is 14.7 Å². The molecule has 0 spiro atoms. The van der Waals surface area contributed by atoms with Gasteiger partial charge in [-0.05, 0) is 34.4 Å². The fraction of sp³-hybridized carbons (Fsp3) is 0.278. The van der Waals surface area contributed by atoms with E-state index < -0.39 is 5.97 Å². The van der Waals surface area contributed by atoms with Gasteiger partial charge in [-0.3, -0.25) is 4.79 Å². The number of hydrogen-bond acceptors (Lipinski definition) is 3. The molecule has 0 saturated carbocycles. The Morgan fingerprint density at radius 2 is 1.95 bits per heavy atom. The summed E-state index contributed by atoms with van der Waals surface area (Å²) in [5.41, 5.74) is 5.62. The zero-order valence-electron chi connectivity index (χ0n) is 12.6. The highest BCUT2D eigenvalue weighted by molar-refractivity contribution is 5.70. The third-order valence-electron chi connectivity index (χ3n) is 3.91. The molecule has 2 aromatic carbocycles. The van der Waals surface area contributed by atoms with Gasteiger partial charge in [0.25, 0.3) is 0 Å². The van der Waals surface area contributed by atoms with Crippen LogP contribution in [0.4, 0.5) is 5.69 Å². The van der Waals surface area contributed by atoms with E-state index in [2.05, 4.69) is 23.1 Å². The Balaban J connectivity index is 1.74. The molecule has 0 amide bonds. The molecule has 114 valence electrons. The lowest BCUT2D eigenvalue weighted by Gasteiger charge is -2.20. The van der Waals surface area contributed by atoms with Gasteiger partial charge in [0, 0.05) is 19.3 Å². The van der Waals surface area contributed by atoms with Crippen LogP contribution in [-0.4, -0.2) is 18.1 Å². The number of carboxylic acids is 1. The predicted molar refractivity (Wildman–Crippen MR) is 84.8 cm³/mol. The number of hydrogen-bond donors (Lipinski definition) is 1. The lowest BCUT2D eigenvalue weighted by atomic mass is 10.1. The molecule has 4 heteroatoms. The van der Waals surface area contributed by atoms with Gasteiger partial charge in [0.2, 0.25) is 0 Å². The van der Waals surface area contributed by atoms with Crippen molar-refractivity contribution in [1.82, 2.24) is 0 Å². The molecule has 0 fully saturated rings. The Morgan fingerprint density at radius 1 is 1.14 bits per heavy atom. The second-order valence-electron chi connectivity index (χ2n) is 5.69. The summed E-state index contributed by atoms with van der Waals surface area (Å²) in [6.07, 6.45) is 0.0534. The summed E-state index contributed by atoms with van der Waals surface area (Å²) in [5, 5.41) is 8.90. The van der Waals surface area contributed by atoms with E-state index in [1.54, 1.807) is 0 Å². The lowest BCUT2D eigenvalue weighted by molar-refractivity contribution is -0.136. The van der Waals surface area contributed by atoms with Gasteiger partial charge >= 0.3 is 5.97 Å². The van der Waals surface area contributed by atoms with Crippen molar-refractivity contribution < 1.29 is 14.6 Å². The lowest BCUT2D eigenvalue weighted by Crippen LogP contribution is -2.16. The molecule has 1 aliphatic rings. The SMILES string of the molecule is CN(Cc1ccc2c(c1)COC2)c1cccc(CC(=O)O)c1. The van der Waals surface area contributed by atoms with E-state index in [9.17, 15) is 4.79 Å². The van der Waals surface area contributed by atoms with Crippen LogP contribution in [0.5, 0.6) is 0 Å². The van der Waals surface area contributed by atoms with Gasteiger partial charge in [-0.15, -0.1) is 0 Å². The van der Waals surface area contributed by atoms with E-state index in [0.717, 1.165) is 17.8 Å². The van der Waals surface area contributed by atoms with Gasteiger partial charge in [0.15, 0.2) is 0 Å². The van der Waals surface area contributed by atoms with E-state index in [1.807, 2.05) is 31.3 Å². The minimum atomic E-state index is -0.807. The molecule has 0 radical (unpaired) electrons. The molecule has 1 aliphatic heterocycles.